The topological polar surface area (TPSA) is 75.3 Å². The van der Waals surface area contributed by atoms with E-state index in [1.165, 1.54) is 31.7 Å². The van der Waals surface area contributed by atoms with Gasteiger partial charge in [0.25, 0.3) is 0 Å². The van der Waals surface area contributed by atoms with Gasteiger partial charge in [-0.05, 0) is 42.9 Å². The fraction of sp³-hybridized carbons (Fsp3) is 0.533. The number of nitrogens with two attached hydrogens (primary N) is 1. The van der Waals surface area contributed by atoms with E-state index in [1.54, 1.807) is 12.1 Å². The van der Waals surface area contributed by atoms with E-state index in [0.29, 0.717) is 11.6 Å². The highest BCUT2D eigenvalue weighted by atomic mass is 16.4. The quantitative estimate of drug-likeness (QED) is 0.728. The molecule has 0 heterocycles. The maximum Gasteiger partial charge on any atom is 0.335 e. The van der Waals surface area contributed by atoms with E-state index >= 15 is 0 Å². The maximum atomic E-state index is 10.9. The summed E-state index contributed by atoms with van der Waals surface area (Å²) in [6.45, 7) is 3.18. The molecule has 0 spiro atoms. The molecule has 0 atom stereocenters. The zero-order valence-electron chi connectivity index (χ0n) is 11.4. The Balaban J connectivity index is 1.95. The maximum absolute atomic E-state index is 10.9. The Morgan fingerprint density at radius 3 is 2.68 bits per heavy atom. The van der Waals surface area contributed by atoms with Crippen LogP contribution in [0.1, 0.15) is 43.0 Å². The van der Waals surface area contributed by atoms with Crippen LogP contribution in [0.4, 0.5) is 11.4 Å². The molecule has 4 N–H and O–H groups in total. The first-order chi connectivity index (χ1) is 9.06. The number of benzene rings is 1. The lowest BCUT2D eigenvalue weighted by Gasteiger charge is -2.26. The third kappa shape index (κ3) is 3.63. The van der Waals surface area contributed by atoms with Gasteiger partial charge in [0.15, 0.2) is 0 Å². The second-order valence-electron chi connectivity index (χ2n) is 5.61. The summed E-state index contributed by atoms with van der Waals surface area (Å²) in [6.07, 6.45) is 5.06. The minimum absolute atomic E-state index is 0.272. The normalized spacial score (nSPS) is 23.0. The standard InChI is InChI=1S/C15H22N2O2/c1-10-2-4-11(5-3-10)9-17-14-8-12(15(18)19)6-7-13(14)16/h6-8,10-11,17H,2-5,9,16H2,1H3,(H,18,19). The zero-order chi connectivity index (χ0) is 13.8. The number of nitrogens with one attached hydrogen (secondary N) is 1. The number of carboxylic acid groups (broad SMARTS) is 1. The van der Waals surface area contributed by atoms with E-state index in [0.717, 1.165) is 18.2 Å². The van der Waals surface area contributed by atoms with Crippen molar-refractivity contribution in [2.24, 2.45) is 11.8 Å². The largest absolute Gasteiger partial charge is 0.478 e. The number of anilines is 2. The van der Waals surface area contributed by atoms with Crippen LogP contribution in [0.25, 0.3) is 0 Å². The van der Waals surface area contributed by atoms with Crippen molar-refractivity contribution in [3.05, 3.63) is 23.8 Å². The first-order valence-corrected chi connectivity index (χ1v) is 6.93. The van der Waals surface area contributed by atoms with Gasteiger partial charge in [0.2, 0.25) is 0 Å². The van der Waals surface area contributed by atoms with Crippen LogP contribution in [-0.2, 0) is 0 Å². The summed E-state index contributed by atoms with van der Waals surface area (Å²) in [5.74, 6) is 0.593. The fourth-order valence-electron chi connectivity index (χ4n) is 2.63. The van der Waals surface area contributed by atoms with Crippen molar-refractivity contribution in [3.63, 3.8) is 0 Å². The number of hydrogen-bond donors (Lipinski definition) is 3. The molecular weight excluding hydrogens is 240 g/mol. The second-order valence-corrected chi connectivity index (χ2v) is 5.61. The summed E-state index contributed by atoms with van der Waals surface area (Å²) >= 11 is 0. The Labute approximate surface area is 114 Å². The lowest BCUT2D eigenvalue weighted by atomic mass is 9.83. The van der Waals surface area contributed by atoms with Crippen LogP contribution in [0, 0.1) is 11.8 Å². The van der Waals surface area contributed by atoms with Gasteiger partial charge in [-0.25, -0.2) is 4.79 Å². The Morgan fingerprint density at radius 1 is 1.37 bits per heavy atom. The number of aromatic carboxylic acids is 1. The molecule has 1 aromatic carbocycles. The Bertz CT molecular complexity index is 451. The lowest BCUT2D eigenvalue weighted by Crippen LogP contribution is -2.20. The van der Waals surface area contributed by atoms with Crippen molar-refractivity contribution >= 4 is 17.3 Å². The van der Waals surface area contributed by atoms with E-state index in [1.807, 2.05) is 0 Å². The highest BCUT2D eigenvalue weighted by molar-refractivity contribution is 5.90. The molecule has 1 aliphatic carbocycles. The lowest BCUT2D eigenvalue weighted by molar-refractivity contribution is 0.0697. The Hall–Kier alpha value is -1.71. The van der Waals surface area contributed by atoms with E-state index in [9.17, 15) is 4.79 Å². The van der Waals surface area contributed by atoms with E-state index < -0.39 is 5.97 Å². The number of rotatable bonds is 4. The SMILES string of the molecule is CC1CCC(CNc2cc(C(=O)O)ccc2N)CC1. The molecule has 0 unspecified atom stereocenters. The third-order valence-electron chi connectivity index (χ3n) is 4.02. The summed E-state index contributed by atoms with van der Waals surface area (Å²) in [6, 6.07) is 4.79. The highest BCUT2D eigenvalue weighted by Gasteiger charge is 2.18. The highest BCUT2D eigenvalue weighted by Crippen LogP contribution is 2.29. The van der Waals surface area contributed by atoms with E-state index in [-0.39, 0.29) is 5.56 Å². The molecule has 0 aliphatic heterocycles. The van der Waals surface area contributed by atoms with Crippen molar-refractivity contribution in [1.29, 1.82) is 0 Å². The monoisotopic (exact) mass is 262 g/mol. The van der Waals surface area contributed by atoms with E-state index in [2.05, 4.69) is 12.2 Å². The van der Waals surface area contributed by atoms with Crippen molar-refractivity contribution in [2.45, 2.75) is 32.6 Å². The summed E-state index contributed by atoms with van der Waals surface area (Å²) in [5.41, 5.74) is 7.48. The summed E-state index contributed by atoms with van der Waals surface area (Å²) in [7, 11) is 0. The molecular formula is C15H22N2O2. The van der Waals surface area contributed by atoms with E-state index in [4.69, 9.17) is 10.8 Å². The van der Waals surface area contributed by atoms with Gasteiger partial charge < -0.3 is 16.2 Å². The van der Waals surface area contributed by atoms with Crippen molar-refractivity contribution in [3.8, 4) is 0 Å². The molecule has 4 heteroatoms. The molecule has 104 valence electrons. The van der Waals surface area contributed by atoms with Gasteiger partial charge in [0.05, 0.1) is 16.9 Å². The van der Waals surface area contributed by atoms with Crippen molar-refractivity contribution < 1.29 is 9.90 Å². The molecule has 1 fully saturated rings. The average Bonchev–Trinajstić information content (AvgIpc) is 2.39. The number of hydrogen-bond acceptors (Lipinski definition) is 3. The number of carboxylic acids is 1. The van der Waals surface area contributed by atoms with Crippen LogP contribution in [0.2, 0.25) is 0 Å². The Kier molecular flexibility index (Phi) is 4.30. The van der Waals surface area contributed by atoms with Crippen LogP contribution in [0.5, 0.6) is 0 Å². The molecule has 1 aromatic rings. The summed E-state index contributed by atoms with van der Waals surface area (Å²) < 4.78 is 0. The van der Waals surface area contributed by atoms with Gasteiger partial charge in [-0.15, -0.1) is 0 Å². The molecule has 0 amide bonds. The predicted molar refractivity (Wildman–Crippen MR) is 77.4 cm³/mol. The molecule has 4 nitrogen and oxygen atoms in total. The van der Waals surface area contributed by atoms with Crippen LogP contribution in [0.15, 0.2) is 18.2 Å². The minimum atomic E-state index is -0.922. The van der Waals surface area contributed by atoms with Crippen LogP contribution in [-0.4, -0.2) is 17.6 Å². The van der Waals surface area contributed by atoms with Gasteiger partial charge in [-0.1, -0.05) is 19.8 Å². The molecule has 0 radical (unpaired) electrons. The average molecular weight is 262 g/mol. The number of nitrogen functional groups attached to an aromatic ring is 1. The van der Waals surface area contributed by atoms with Crippen LogP contribution < -0.4 is 11.1 Å². The van der Waals surface area contributed by atoms with Gasteiger partial charge in [0, 0.05) is 6.54 Å². The molecule has 0 aromatic heterocycles. The summed E-state index contributed by atoms with van der Waals surface area (Å²) in [4.78, 5) is 10.9. The van der Waals surface area contributed by atoms with Gasteiger partial charge in [-0.3, -0.25) is 0 Å². The zero-order valence-corrected chi connectivity index (χ0v) is 11.4. The molecule has 19 heavy (non-hydrogen) atoms. The van der Waals surface area contributed by atoms with Gasteiger partial charge in [-0.2, -0.15) is 0 Å². The third-order valence-corrected chi connectivity index (χ3v) is 4.02. The smallest absolute Gasteiger partial charge is 0.335 e. The van der Waals surface area contributed by atoms with Gasteiger partial charge in [0.1, 0.15) is 0 Å². The Morgan fingerprint density at radius 2 is 2.05 bits per heavy atom. The van der Waals surface area contributed by atoms with Crippen molar-refractivity contribution in [2.75, 3.05) is 17.6 Å². The molecule has 1 saturated carbocycles. The van der Waals surface area contributed by atoms with Crippen LogP contribution in [0.3, 0.4) is 0 Å². The predicted octanol–water partition coefficient (Wildman–Crippen LogP) is 3.21. The molecule has 2 rings (SSSR count). The second kappa shape index (κ2) is 5.95. The van der Waals surface area contributed by atoms with Crippen molar-refractivity contribution in [1.82, 2.24) is 0 Å². The fourth-order valence-corrected chi connectivity index (χ4v) is 2.63. The first-order valence-electron chi connectivity index (χ1n) is 6.93. The number of carbonyl (C=O) groups is 1. The molecule has 0 saturated heterocycles. The van der Waals surface area contributed by atoms with Crippen LogP contribution >= 0.6 is 0 Å². The molecule has 0 bridgehead atoms. The first kappa shape index (κ1) is 13.7. The summed E-state index contributed by atoms with van der Waals surface area (Å²) in [5, 5.41) is 12.3. The minimum Gasteiger partial charge on any atom is -0.478 e. The molecule has 1 aliphatic rings. The van der Waals surface area contributed by atoms with Gasteiger partial charge >= 0.3 is 5.97 Å².